The van der Waals surface area contributed by atoms with Crippen LogP contribution in [0.5, 0.6) is 5.88 Å². The number of aromatic nitrogens is 4. The fourth-order valence-corrected chi connectivity index (χ4v) is 1.86. The minimum Gasteiger partial charge on any atom is -0.478 e. The van der Waals surface area contributed by atoms with Crippen molar-refractivity contribution in [1.29, 1.82) is 0 Å². The Kier molecular flexibility index (Phi) is 2.94. The lowest BCUT2D eigenvalue weighted by Crippen LogP contribution is -2.13. The maximum absolute atomic E-state index is 5.26. The van der Waals surface area contributed by atoms with Gasteiger partial charge in [0.1, 0.15) is 0 Å². The third-order valence-corrected chi connectivity index (χ3v) is 3.00. The molecule has 0 spiro atoms. The van der Waals surface area contributed by atoms with Crippen LogP contribution in [0.4, 0.5) is 11.5 Å². The summed E-state index contributed by atoms with van der Waals surface area (Å²) >= 11 is 0. The lowest BCUT2D eigenvalue weighted by atomic mass is 10.2. The molecular weight excluding hydrogens is 258 g/mol. The molecule has 0 aliphatic heterocycles. The average Bonchev–Trinajstić information content (AvgIpc) is 2.93. The number of methoxy groups -OCH3 is 1. The molecule has 0 atom stereocenters. The normalized spacial score (nSPS) is 10.8. The van der Waals surface area contributed by atoms with Gasteiger partial charge >= 0.3 is 0 Å². The summed E-state index contributed by atoms with van der Waals surface area (Å²) in [5.74, 6) is 0.927. The van der Waals surface area contributed by atoms with Crippen LogP contribution in [0.1, 0.15) is 5.56 Å². The maximum atomic E-state index is 5.26. The molecule has 0 unspecified atom stereocenters. The van der Waals surface area contributed by atoms with Gasteiger partial charge in [0.05, 0.1) is 7.11 Å². The molecule has 0 saturated heterocycles. The number of aryl methyl sites for hydroxylation is 1. The number of rotatable bonds is 3. The Balaban J connectivity index is 2.09. The molecule has 2 aromatic heterocycles. The van der Waals surface area contributed by atoms with Gasteiger partial charge in [-0.25, -0.2) is 4.63 Å². The zero-order valence-electron chi connectivity index (χ0n) is 11.4. The molecule has 7 nitrogen and oxygen atoms in total. The van der Waals surface area contributed by atoms with Crippen molar-refractivity contribution in [3.63, 3.8) is 0 Å². The monoisotopic (exact) mass is 271 g/mol. The molecule has 0 aliphatic rings. The van der Waals surface area contributed by atoms with Gasteiger partial charge in [0.2, 0.25) is 11.3 Å². The van der Waals surface area contributed by atoms with Crippen LogP contribution >= 0.6 is 0 Å². The standard InChI is InChI=1S/C13H13N5O2/c1-8-4-6-9(7-5-8)18(2)12-13(19-3)15-11-10(14-12)16-20-17-11/h4-7H,1-3H3. The lowest BCUT2D eigenvalue weighted by Gasteiger charge is -2.19. The fourth-order valence-electron chi connectivity index (χ4n) is 1.86. The van der Waals surface area contributed by atoms with Crippen molar-refractivity contribution in [1.82, 2.24) is 20.3 Å². The van der Waals surface area contributed by atoms with Gasteiger partial charge in [0.25, 0.3) is 5.88 Å². The molecule has 0 aliphatic carbocycles. The predicted octanol–water partition coefficient (Wildman–Crippen LogP) is 2.10. The Bertz CT molecular complexity index is 738. The van der Waals surface area contributed by atoms with Crippen LogP contribution < -0.4 is 9.64 Å². The average molecular weight is 271 g/mol. The molecule has 3 rings (SSSR count). The van der Waals surface area contributed by atoms with E-state index in [0.717, 1.165) is 5.69 Å². The Morgan fingerprint density at radius 1 is 1.05 bits per heavy atom. The number of ether oxygens (including phenoxy) is 1. The first-order valence-electron chi connectivity index (χ1n) is 6.03. The van der Waals surface area contributed by atoms with E-state index in [1.807, 2.05) is 43.1 Å². The van der Waals surface area contributed by atoms with Crippen molar-refractivity contribution in [2.75, 3.05) is 19.1 Å². The number of benzene rings is 1. The van der Waals surface area contributed by atoms with Gasteiger partial charge < -0.3 is 9.64 Å². The second-order valence-corrected chi connectivity index (χ2v) is 4.36. The van der Waals surface area contributed by atoms with Gasteiger partial charge in [0, 0.05) is 12.7 Å². The van der Waals surface area contributed by atoms with E-state index in [0.29, 0.717) is 23.0 Å². The SMILES string of the molecule is COc1nc2nonc2nc1N(C)c1ccc(C)cc1. The van der Waals surface area contributed by atoms with E-state index in [9.17, 15) is 0 Å². The van der Waals surface area contributed by atoms with Crippen molar-refractivity contribution in [2.24, 2.45) is 0 Å². The molecule has 0 N–H and O–H groups in total. The van der Waals surface area contributed by atoms with E-state index in [1.54, 1.807) is 0 Å². The molecule has 0 radical (unpaired) electrons. The lowest BCUT2D eigenvalue weighted by molar-refractivity contribution is 0.313. The van der Waals surface area contributed by atoms with E-state index >= 15 is 0 Å². The zero-order chi connectivity index (χ0) is 14.1. The van der Waals surface area contributed by atoms with Crippen molar-refractivity contribution in [3.05, 3.63) is 29.8 Å². The molecule has 3 aromatic rings. The van der Waals surface area contributed by atoms with Crippen molar-refractivity contribution in [2.45, 2.75) is 6.92 Å². The molecule has 0 amide bonds. The number of fused-ring (bicyclic) bond motifs is 1. The van der Waals surface area contributed by atoms with Gasteiger partial charge in [0.15, 0.2) is 5.82 Å². The first kappa shape index (κ1) is 12.3. The van der Waals surface area contributed by atoms with Crippen LogP contribution in [-0.2, 0) is 0 Å². The van der Waals surface area contributed by atoms with Crippen LogP contribution in [0.2, 0.25) is 0 Å². The van der Waals surface area contributed by atoms with Crippen LogP contribution in [0.15, 0.2) is 28.9 Å². The molecule has 0 fully saturated rings. The highest BCUT2D eigenvalue weighted by Crippen LogP contribution is 2.30. The summed E-state index contributed by atoms with van der Waals surface area (Å²) in [5.41, 5.74) is 2.83. The Labute approximate surface area is 115 Å². The molecule has 0 bridgehead atoms. The summed E-state index contributed by atoms with van der Waals surface area (Å²) in [5, 5.41) is 7.36. The molecule has 102 valence electrons. The quantitative estimate of drug-likeness (QED) is 0.721. The Morgan fingerprint density at radius 2 is 1.70 bits per heavy atom. The van der Waals surface area contributed by atoms with E-state index in [1.165, 1.54) is 12.7 Å². The van der Waals surface area contributed by atoms with E-state index in [4.69, 9.17) is 4.74 Å². The second-order valence-electron chi connectivity index (χ2n) is 4.36. The third-order valence-electron chi connectivity index (χ3n) is 3.00. The third kappa shape index (κ3) is 2.03. The number of anilines is 2. The molecule has 1 aromatic carbocycles. The van der Waals surface area contributed by atoms with Gasteiger partial charge in [-0.05, 0) is 29.4 Å². The molecule has 2 heterocycles. The van der Waals surface area contributed by atoms with E-state index in [2.05, 4.69) is 24.9 Å². The summed E-state index contributed by atoms with van der Waals surface area (Å²) in [6.07, 6.45) is 0. The molecule has 20 heavy (non-hydrogen) atoms. The number of hydrogen-bond acceptors (Lipinski definition) is 7. The van der Waals surface area contributed by atoms with Crippen molar-refractivity contribution in [3.8, 4) is 5.88 Å². The van der Waals surface area contributed by atoms with Crippen molar-refractivity contribution < 1.29 is 9.37 Å². The summed E-state index contributed by atoms with van der Waals surface area (Å²) in [6.45, 7) is 2.04. The van der Waals surface area contributed by atoms with Gasteiger partial charge in [-0.3, -0.25) is 0 Å². The fraction of sp³-hybridized carbons (Fsp3) is 0.231. The highest BCUT2D eigenvalue weighted by molar-refractivity contribution is 5.72. The largest absolute Gasteiger partial charge is 0.478 e. The summed E-state index contributed by atoms with van der Waals surface area (Å²) in [6, 6.07) is 8.06. The maximum Gasteiger partial charge on any atom is 0.260 e. The first-order valence-corrected chi connectivity index (χ1v) is 6.03. The molecular formula is C13H13N5O2. The smallest absolute Gasteiger partial charge is 0.260 e. The summed E-state index contributed by atoms with van der Waals surface area (Å²) in [4.78, 5) is 10.5. The molecule has 0 saturated carbocycles. The summed E-state index contributed by atoms with van der Waals surface area (Å²) in [7, 11) is 3.42. The van der Waals surface area contributed by atoms with E-state index < -0.39 is 0 Å². The van der Waals surface area contributed by atoms with Gasteiger partial charge in [-0.1, -0.05) is 17.7 Å². The predicted molar refractivity (Wildman–Crippen MR) is 73.2 cm³/mol. The molecule has 7 heteroatoms. The highest BCUT2D eigenvalue weighted by Gasteiger charge is 2.17. The number of nitrogens with zero attached hydrogens (tertiary/aromatic N) is 5. The topological polar surface area (TPSA) is 77.2 Å². The minimum absolute atomic E-state index is 0.322. The number of hydrogen-bond donors (Lipinski definition) is 0. The summed E-state index contributed by atoms with van der Waals surface area (Å²) < 4.78 is 9.89. The van der Waals surface area contributed by atoms with E-state index in [-0.39, 0.29) is 0 Å². The highest BCUT2D eigenvalue weighted by atomic mass is 16.6. The van der Waals surface area contributed by atoms with Crippen molar-refractivity contribution >= 4 is 22.8 Å². The first-order chi connectivity index (χ1) is 9.69. The Morgan fingerprint density at radius 3 is 2.35 bits per heavy atom. The zero-order valence-corrected chi connectivity index (χ0v) is 11.4. The van der Waals surface area contributed by atoms with Crippen LogP contribution in [0.25, 0.3) is 11.3 Å². The van der Waals surface area contributed by atoms with Crippen LogP contribution in [-0.4, -0.2) is 34.4 Å². The minimum atomic E-state index is 0.322. The Hall–Kier alpha value is -2.70. The second kappa shape index (κ2) is 4.76. The van der Waals surface area contributed by atoms with Crippen LogP contribution in [0, 0.1) is 6.92 Å². The van der Waals surface area contributed by atoms with Gasteiger partial charge in [-0.15, -0.1) is 0 Å². The van der Waals surface area contributed by atoms with Crippen LogP contribution in [0.3, 0.4) is 0 Å². The van der Waals surface area contributed by atoms with Gasteiger partial charge in [-0.2, -0.15) is 9.97 Å².